The van der Waals surface area contributed by atoms with E-state index in [1.54, 1.807) is 0 Å². The molecule has 6 heteroatoms. The van der Waals surface area contributed by atoms with Gasteiger partial charge in [-0.3, -0.25) is 0 Å². The van der Waals surface area contributed by atoms with Gasteiger partial charge in [-0.2, -0.15) is 4.98 Å². The molecule has 84 valence electrons. The lowest BCUT2D eigenvalue weighted by atomic mass is 10.4. The fourth-order valence-electron chi connectivity index (χ4n) is 1.20. The van der Waals surface area contributed by atoms with Crippen molar-refractivity contribution in [1.29, 1.82) is 0 Å². The number of nitrogens with one attached hydrogen (secondary N) is 1. The molecule has 0 spiro atoms. The number of hydrogen-bond donors (Lipinski definition) is 2. The molecule has 0 bridgehead atoms. The van der Waals surface area contributed by atoms with Gasteiger partial charge in [-0.1, -0.05) is 0 Å². The van der Waals surface area contributed by atoms with Gasteiger partial charge < -0.3 is 19.3 Å². The molecule has 2 rings (SSSR count). The van der Waals surface area contributed by atoms with E-state index in [0.717, 1.165) is 17.8 Å². The van der Waals surface area contributed by atoms with Crippen LogP contribution in [0.25, 0.3) is 0 Å². The van der Waals surface area contributed by atoms with Gasteiger partial charge in [0.15, 0.2) is 5.69 Å². The molecule has 0 unspecified atom stereocenters. The number of oxazole rings is 1. The van der Waals surface area contributed by atoms with Crippen molar-refractivity contribution < 1.29 is 18.7 Å². The first-order valence-electron chi connectivity index (χ1n) is 4.63. The second-order valence-electron chi connectivity index (χ2n) is 3.21. The molecule has 0 saturated carbocycles. The molecule has 0 atom stereocenters. The van der Waals surface area contributed by atoms with Crippen molar-refractivity contribution in [3.8, 4) is 0 Å². The van der Waals surface area contributed by atoms with Gasteiger partial charge in [0.05, 0.1) is 6.54 Å². The van der Waals surface area contributed by atoms with Gasteiger partial charge in [-0.15, -0.1) is 0 Å². The predicted molar refractivity (Wildman–Crippen MR) is 54.2 cm³/mol. The van der Waals surface area contributed by atoms with Crippen LogP contribution in [-0.4, -0.2) is 16.1 Å². The fourth-order valence-corrected chi connectivity index (χ4v) is 1.20. The number of rotatable bonds is 4. The quantitative estimate of drug-likeness (QED) is 0.821. The van der Waals surface area contributed by atoms with Crippen LogP contribution in [0.4, 0.5) is 6.01 Å². The summed E-state index contributed by atoms with van der Waals surface area (Å²) in [7, 11) is 0. The predicted octanol–water partition coefficient (Wildman–Crippen LogP) is 1.89. The van der Waals surface area contributed by atoms with E-state index >= 15 is 0 Å². The lowest BCUT2D eigenvalue weighted by molar-refractivity contribution is 0.0690. The maximum absolute atomic E-state index is 10.5. The molecule has 2 heterocycles. The van der Waals surface area contributed by atoms with Gasteiger partial charge in [-0.05, 0) is 19.1 Å². The second-order valence-corrected chi connectivity index (χ2v) is 3.21. The van der Waals surface area contributed by atoms with E-state index in [1.807, 2.05) is 19.1 Å². The van der Waals surface area contributed by atoms with Crippen molar-refractivity contribution in [1.82, 2.24) is 4.98 Å². The van der Waals surface area contributed by atoms with E-state index in [-0.39, 0.29) is 11.7 Å². The number of aryl methyl sites for hydroxylation is 1. The van der Waals surface area contributed by atoms with Gasteiger partial charge in [0, 0.05) is 0 Å². The van der Waals surface area contributed by atoms with Crippen LogP contribution < -0.4 is 5.32 Å². The van der Waals surface area contributed by atoms with Gasteiger partial charge >= 0.3 is 5.97 Å². The van der Waals surface area contributed by atoms with Crippen molar-refractivity contribution >= 4 is 12.0 Å². The van der Waals surface area contributed by atoms with Crippen LogP contribution in [0.3, 0.4) is 0 Å². The van der Waals surface area contributed by atoms with Crippen LogP contribution >= 0.6 is 0 Å². The zero-order valence-corrected chi connectivity index (χ0v) is 8.56. The third kappa shape index (κ3) is 2.22. The number of hydrogen-bond acceptors (Lipinski definition) is 5. The molecule has 2 N–H and O–H groups in total. The number of nitrogens with zero attached hydrogens (tertiary/aromatic N) is 1. The van der Waals surface area contributed by atoms with Crippen LogP contribution in [0.5, 0.6) is 0 Å². The molecule has 0 fully saturated rings. The first-order valence-corrected chi connectivity index (χ1v) is 4.63. The largest absolute Gasteiger partial charge is 0.476 e. The van der Waals surface area contributed by atoms with Crippen molar-refractivity contribution in [3.63, 3.8) is 0 Å². The Balaban J connectivity index is 1.97. The summed E-state index contributed by atoms with van der Waals surface area (Å²) in [6.45, 7) is 2.24. The Bertz CT molecular complexity index is 500. The minimum Gasteiger partial charge on any atom is -0.476 e. The fraction of sp³-hybridized carbons (Fsp3) is 0.200. The number of aromatic nitrogens is 1. The Morgan fingerprint density at radius 1 is 1.56 bits per heavy atom. The number of carboxylic acid groups (broad SMARTS) is 1. The Hall–Kier alpha value is -2.24. The number of furan rings is 1. The summed E-state index contributed by atoms with van der Waals surface area (Å²) in [5.74, 6) is 0.425. The molecule has 0 radical (unpaired) electrons. The maximum atomic E-state index is 10.5. The summed E-state index contributed by atoms with van der Waals surface area (Å²) in [4.78, 5) is 14.2. The molecule has 2 aromatic heterocycles. The Morgan fingerprint density at radius 3 is 2.94 bits per heavy atom. The summed E-state index contributed by atoms with van der Waals surface area (Å²) in [5, 5.41) is 11.4. The zero-order valence-electron chi connectivity index (χ0n) is 8.56. The monoisotopic (exact) mass is 222 g/mol. The highest BCUT2D eigenvalue weighted by atomic mass is 16.4. The van der Waals surface area contributed by atoms with Crippen LogP contribution in [-0.2, 0) is 6.54 Å². The number of aromatic carboxylic acids is 1. The normalized spacial score (nSPS) is 10.3. The SMILES string of the molecule is Cc1ccc(CNc2nc(C(=O)O)co2)o1. The first-order chi connectivity index (χ1) is 7.65. The molecule has 2 aromatic rings. The van der Waals surface area contributed by atoms with Crippen LogP contribution in [0.2, 0.25) is 0 Å². The second kappa shape index (κ2) is 4.09. The van der Waals surface area contributed by atoms with Crippen LogP contribution in [0.15, 0.2) is 27.2 Å². The van der Waals surface area contributed by atoms with Crippen molar-refractivity contribution in [2.24, 2.45) is 0 Å². The van der Waals surface area contributed by atoms with Crippen molar-refractivity contribution in [2.75, 3.05) is 5.32 Å². The molecule has 0 aliphatic rings. The lowest BCUT2D eigenvalue weighted by Crippen LogP contribution is -2.00. The van der Waals surface area contributed by atoms with E-state index in [4.69, 9.17) is 13.9 Å². The summed E-state index contributed by atoms with van der Waals surface area (Å²) in [5.41, 5.74) is -0.127. The van der Waals surface area contributed by atoms with E-state index in [2.05, 4.69) is 10.3 Å². The molecule has 0 aliphatic carbocycles. The molecule has 16 heavy (non-hydrogen) atoms. The topological polar surface area (TPSA) is 88.5 Å². The lowest BCUT2D eigenvalue weighted by Gasteiger charge is -1.97. The summed E-state index contributed by atoms with van der Waals surface area (Å²) < 4.78 is 10.2. The smallest absolute Gasteiger partial charge is 0.357 e. The third-order valence-corrected chi connectivity index (χ3v) is 1.93. The molecule has 6 nitrogen and oxygen atoms in total. The summed E-state index contributed by atoms with van der Waals surface area (Å²) >= 11 is 0. The minimum absolute atomic E-state index is 0.127. The Kier molecular flexibility index (Phi) is 2.63. The van der Waals surface area contributed by atoms with Gasteiger partial charge in [-0.25, -0.2) is 4.79 Å². The third-order valence-electron chi connectivity index (χ3n) is 1.93. The molecular formula is C10H10N2O4. The average molecular weight is 222 g/mol. The first kappa shape index (κ1) is 10.3. The zero-order chi connectivity index (χ0) is 11.5. The van der Waals surface area contributed by atoms with E-state index < -0.39 is 5.97 Å². The van der Waals surface area contributed by atoms with E-state index in [1.165, 1.54) is 0 Å². The maximum Gasteiger partial charge on any atom is 0.357 e. The number of carboxylic acids is 1. The highest BCUT2D eigenvalue weighted by molar-refractivity contribution is 5.85. The molecule has 0 aliphatic heterocycles. The Morgan fingerprint density at radius 2 is 2.38 bits per heavy atom. The average Bonchev–Trinajstić information content (AvgIpc) is 2.83. The minimum atomic E-state index is -1.12. The molecule has 0 saturated heterocycles. The van der Waals surface area contributed by atoms with Crippen molar-refractivity contribution in [3.05, 3.63) is 35.6 Å². The highest BCUT2D eigenvalue weighted by Crippen LogP contribution is 2.11. The molecular weight excluding hydrogens is 212 g/mol. The van der Waals surface area contributed by atoms with E-state index in [9.17, 15) is 4.79 Å². The standard InChI is InChI=1S/C10H10N2O4/c1-6-2-3-7(16-6)4-11-10-12-8(5-15-10)9(13)14/h2-3,5H,4H2,1H3,(H,11,12)(H,13,14). The summed E-state index contributed by atoms with van der Waals surface area (Å²) in [6, 6.07) is 3.82. The van der Waals surface area contributed by atoms with Crippen molar-refractivity contribution in [2.45, 2.75) is 13.5 Å². The van der Waals surface area contributed by atoms with Crippen LogP contribution in [0.1, 0.15) is 22.0 Å². The number of carbonyl (C=O) groups is 1. The van der Waals surface area contributed by atoms with Gasteiger partial charge in [0.25, 0.3) is 6.01 Å². The molecule has 0 aromatic carbocycles. The highest BCUT2D eigenvalue weighted by Gasteiger charge is 2.10. The Labute approximate surface area is 90.9 Å². The molecule has 0 amide bonds. The number of anilines is 1. The summed E-state index contributed by atoms with van der Waals surface area (Å²) in [6.07, 6.45) is 1.08. The van der Waals surface area contributed by atoms with E-state index in [0.29, 0.717) is 6.54 Å². The van der Waals surface area contributed by atoms with Gasteiger partial charge in [0.1, 0.15) is 17.8 Å². The van der Waals surface area contributed by atoms with Crippen LogP contribution in [0, 0.1) is 6.92 Å². The van der Waals surface area contributed by atoms with Gasteiger partial charge in [0.2, 0.25) is 0 Å².